The van der Waals surface area contributed by atoms with Crippen molar-refractivity contribution >= 4 is 35.3 Å². The van der Waals surface area contributed by atoms with Crippen LogP contribution in [0.5, 0.6) is 0 Å². The predicted octanol–water partition coefficient (Wildman–Crippen LogP) is 4.89. The van der Waals surface area contributed by atoms with Gasteiger partial charge in [0.25, 0.3) is 0 Å². The molecule has 0 saturated carbocycles. The fourth-order valence-corrected chi connectivity index (χ4v) is 2.52. The molecule has 19 heavy (non-hydrogen) atoms. The Morgan fingerprint density at radius 3 is 2.37 bits per heavy atom. The van der Waals surface area contributed by atoms with Gasteiger partial charge in [-0.25, -0.2) is 0 Å². The number of hydrogen-bond donors (Lipinski definition) is 1. The van der Waals surface area contributed by atoms with Crippen molar-refractivity contribution in [2.75, 3.05) is 0 Å². The molecule has 0 aliphatic heterocycles. The first-order chi connectivity index (χ1) is 8.39. The molecule has 0 radical (unpaired) electrons. The summed E-state index contributed by atoms with van der Waals surface area (Å²) < 4.78 is 38.1. The van der Waals surface area contributed by atoms with E-state index in [9.17, 15) is 13.2 Å². The first-order valence-corrected chi connectivity index (χ1v) is 6.36. The van der Waals surface area contributed by atoms with Gasteiger partial charge in [0.15, 0.2) is 0 Å². The van der Waals surface area contributed by atoms with Gasteiger partial charge in [0.1, 0.15) is 0 Å². The van der Waals surface area contributed by atoms with Gasteiger partial charge < -0.3 is 5.73 Å². The van der Waals surface area contributed by atoms with E-state index in [2.05, 4.69) is 0 Å². The lowest BCUT2D eigenvalue weighted by Crippen LogP contribution is -2.13. The van der Waals surface area contributed by atoms with Gasteiger partial charge in [0.2, 0.25) is 0 Å². The van der Waals surface area contributed by atoms with Crippen molar-refractivity contribution in [3.8, 4) is 0 Å². The van der Waals surface area contributed by atoms with Crippen LogP contribution in [0, 0.1) is 0 Å². The van der Waals surface area contributed by atoms with Gasteiger partial charge in [-0.3, -0.25) is 0 Å². The molecule has 0 unspecified atom stereocenters. The summed E-state index contributed by atoms with van der Waals surface area (Å²) >= 11 is 7.00. The second-order valence-corrected chi connectivity index (χ2v) is 4.96. The summed E-state index contributed by atoms with van der Waals surface area (Å²) in [5.74, 6) is 0. The Balaban J connectivity index is 0.00000180. The monoisotopic (exact) mass is 327 g/mol. The van der Waals surface area contributed by atoms with Gasteiger partial charge in [-0.05, 0) is 40.1 Å². The molecule has 0 amide bonds. The van der Waals surface area contributed by atoms with Crippen molar-refractivity contribution in [2.24, 2.45) is 5.73 Å². The summed E-state index contributed by atoms with van der Waals surface area (Å²) in [4.78, 5) is 0. The number of hydrogen-bond acceptors (Lipinski definition) is 2. The first-order valence-electron chi connectivity index (χ1n) is 5.04. The molecule has 0 bridgehead atoms. The van der Waals surface area contributed by atoms with E-state index in [1.807, 2.05) is 10.8 Å². The Morgan fingerprint density at radius 1 is 1.16 bits per heavy atom. The van der Waals surface area contributed by atoms with Crippen LogP contribution in [0.3, 0.4) is 0 Å². The standard InChI is InChI=1S/C12H9ClF3NS.ClH/c13-10-2-1-7(5-9(10)12(14,15)16)11(17)8-3-4-18-6-8;/h1-6,11H,17H2;1H/t11-;/m1./s1. The molecule has 0 fully saturated rings. The molecular formula is C12H10Cl2F3NS. The summed E-state index contributed by atoms with van der Waals surface area (Å²) in [7, 11) is 0. The van der Waals surface area contributed by atoms with Crippen molar-refractivity contribution in [2.45, 2.75) is 12.2 Å². The smallest absolute Gasteiger partial charge is 0.320 e. The van der Waals surface area contributed by atoms with Gasteiger partial charge in [-0.15, -0.1) is 12.4 Å². The average Bonchev–Trinajstić information content (AvgIpc) is 2.80. The molecule has 104 valence electrons. The summed E-state index contributed by atoms with van der Waals surface area (Å²) in [6.45, 7) is 0. The highest BCUT2D eigenvalue weighted by Crippen LogP contribution is 2.36. The second-order valence-electron chi connectivity index (χ2n) is 3.77. The number of benzene rings is 1. The highest BCUT2D eigenvalue weighted by Gasteiger charge is 2.33. The number of thiophene rings is 1. The molecule has 2 rings (SSSR count). The Morgan fingerprint density at radius 2 is 1.84 bits per heavy atom. The molecule has 1 heterocycles. The molecule has 2 aromatic rings. The van der Waals surface area contributed by atoms with Crippen LogP contribution in [0.4, 0.5) is 13.2 Å². The molecule has 0 spiro atoms. The van der Waals surface area contributed by atoms with Gasteiger partial charge in [0, 0.05) is 0 Å². The van der Waals surface area contributed by atoms with Crippen LogP contribution in [-0.2, 0) is 6.18 Å². The number of halogens is 5. The lowest BCUT2D eigenvalue weighted by atomic mass is 10.00. The lowest BCUT2D eigenvalue weighted by Gasteiger charge is -2.15. The topological polar surface area (TPSA) is 26.0 Å². The largest absolute Gasteiger partial charge is 0.417 e. The van der Waals surface area contributed by atoms with Gasteiger partial charge >= 0.3 is 6.18 Å². The van der Waals surface area contributed by atoms with Crippen molar-refractivity contribution in [3.05, 3.63) is 56.7 Å². The van der Waals surface area contributed by atoms with Gasteiger partial charge in [0.05, 0.1) is 16.6 Å². The first kappa shape index (κ1) is 16.3. The van der Waals surface area contributed by atoms with Crippen LogP contribution in [0.15, 0.2) is 35.0 Å². The molecule has 1 aromatic heterocycles. The van der Waals surface area contributed by atoms with E-state index in [-0.39, 0.29) is 17.4 Å². The maximum atomic E-state index is 12.7. The SMILES string of the molecule is Cl.N[C@@H](c1ccsc1)c1ccc(Cl)c(C(F)(F)F)c1. The van der Waals surface area contributed by atoms with Crippen LogP contribution >= 0.6 is 35.3 Å². The molecule has 0 saturated heterocycles. The second kappa shape index (κ2) is 6.13. The van der Waals surface area contributed by atoms with E-state index in [4.69, 9.17) is 17.3 Å². The average molecular weight is 328 g/mol. The van der Waals surface area contributed by atoms with Gasteiger partial charge in [-0.1, -0.05) is 17.7 Å². The van der Waals surface area contributed by atoms with E-state index in [0.717, 1.165) is 11.6 Å². The normalized spacial score (nSPS) is 12.9. The molecule has 2 N–H and O–H groups in total. The van der Waals surface area contributed by atoms with Gasteiger partial charge in [-0.2, -0.15) is 24.5 Å². The van der Waals surface area contributed by atoms with E-state index in [1.165, 1.54) is 23.5 Å². The van der Waals surface area contributed by atoms with Crippen LogP contribution in [-0.4, -0.2) is 0 Å². The van der Waals surface area contributed by atoms with Crippen LogP contribution in [0.1, 0.15) is 22.7 Å². The zero-order valence-corrected chi connectivity index (χ0v) is 11.8. The summed E-state index contributed by atoms with van der Waals surface area (Å²) in [5, 5.41) is 3.33. The summed E-state index contributed by atoms with van der Waals surface area (Å²) in [6, 6.07) is 4.96. The van der Waals surface area contributed by atoms with Crippen LogP contribution in [0.25, 0.3) is 0 Å². The van der Waals surface area contributed by atoms with Crippen molar-refractivity contribution in [3.63, 3.8) is 0 Å². The minimum Gasteiger partial charge on any atom is -0.320 e. The van der Waals surface area contributed by atoms with Crippen molar-refractivity contribution < 1.29 is 13.2 Å². The molecular weight excluding hydrogens is 318 g/mol. The lowest BCUT2D eigenvalue weighted by molar-refractivity contribution is -0.137. The molecule has 1 atom stereocenters. The quantitative estimate of drug-likeness (QED) is 0.834. The number of alkyl halides is 3. The zero-order chi connectivity index (χ0) is 13.3. The highest BCUT2D eigenvalue weighted by atomic mass is 35.5. The number of rotatable bonds is 2. The summed E-state index contributed by atoms with van der Waals surface area (Å²) in [5.41, 5.74) is 6.25. The predicted molar refractivity (Wildman–Crippen MR) is 74.1 cm³/mol. The molecule has 0 aliphatic carbocycles. The third-order valence-corrected chi connectivity index (χ3v) is 3.59. The Hall–Kier alpha value is -0.750. The van der Waals surface area contributed by atoms with E-state index in [0.29, 0.717) is 5.56 Å². The van der Waals surface area contributed by atoms with Crippen molar-refractivity contribution in [1.82, 2.24) is 0 Å². The zero-order valence-electron chi connectivity index (χ0n) is 9.45. The molecule has 7 heteroatoms. The number of nitrogens with two attached hydrogens (primary N) is 1. The van der Waals surface area contributed by atoms with E-state index < -0.39 is 17.8 Å². The maximum absolute atomic E-state index is 12.7. The van der Waals surface area contributed by atoms with Crippen LogP contribution < -0.4 is 5.73 Å². The Bertz CT molecular complexity index is 540. The van der Waals surface area contributed by atoms with Crippen molar-refractivity contribution in [1.29, 1.82) is 0 Å². The highest BCUT2D eigenvalue weighted by molar-refractivity contribution is 7.08. The fraction of sp³-hybridized carbons (Fsp3) is 0.167. The third-order valence-electron chi connectivity index (χ3n) is 2.56. The van der Waals surface area contributed by atoms with E-state index >= 15 is 0 Å². The molecule has 0 aliphatic rings. The maximum Gasteiger partial charge on any atom is 0.417 e. The molecule has 1 aromatic carbocycles. The minimum absolute atomic E-state index is 0. The molecule has 1 nitrogen and oxygen atoms in total. The van der Waals surface area contributed by atoms with E-state index in [1.54, 1.807) is 6.07 Å². The summed E-state index contributed by atoms with van der Waals surface area (Å²) in [6.07, 6.45) is -4.47. The third kappa shape index (κ3) is 3.63. The Kier molecular flexibility index (Phi) is 5.26. The van der Waals surface area contributed by atoms with Crippen LogP contribution in [0.2, 0.25) is 5.02 Å². The minimum atomic E-state index is -4.47. The fourth-order valence-electron chi connectivity index (χ4n) is 1.60. The Labute approximate surface area is 123 Å².